The molecule has 6 nitrogen and oxygen atoms in total. The third kappa shape index (κ3) is 5.17. The number of carboxylic acid groups (broad SMARTS) is 1. The Balaban J connectivity index is 2.54. The Morgan fingerprint density at radius 3 is 2.70 bits per heavy atom. The van der Waals surface area contributed by atoms with Crippen LogP contribution in [0.15, 0.2) is 18.2 Å². The van der Waals surface area contributed by atoms with Gasteiger partial charge in [-0.15, -0.1) is 0 Å². The molecule has 0 aromatic heterocycles. The summed E-state index contributed by atoms with van der Waals surface area (Å²) in [5, 5.41) is 14.0. The van der Waals surface area contributed by atoms with E-state index in [0.29, 0.717) is 18.0 Å². The second kappa shape index (κ2) is 7.37. The molecule has 1 unspecified atom stereocenters. The minimum absolute atomic E-state index is 0.0219. The van der Waals surface area contributed by atoms with Crippen molar-refractivity contribution in [2.75, 3.05) is 19.0 Å². The number of hydrogen-bond acceptors (Lipinski definition) is 3. The molecule has 6 heteroatoms. The minimum Gasteiger partial charge on any atom is -0.495 e. The SMILES string of the molecule is COc1ccc(C)cc1NC(=O)NCC(C)CC(=O)O. The number of anilines is 1. The highest BCUT2D eigenvalue weighted by atomic mass is 16.5. The lowest BCUT2D eigenvalue weighted by Gasteiger charge is -2.13. The maximum atomic E-state index is 11.8. The molecule has 0 saturated heterocycles. The van der Waals surface area contributed by atoms with E-state index in [1.165, 1.54) is 7.11 Å². The zero-order valence-corrected chi connectivity index (χ0v) is 11.9. The van der Waals surface area contributed by atoms with Crippen molar-refractivity contribution in [1.82, 2.24) is 5.32 Å². The molecule has 1 aromatic rings. The molecule has 0 spiro atoms. The second-order valence-corrected chi connectivity index (χ2v) is 4.74. The number of nitrogens with one attached hydrogen (secondary N) is 2. The van der Waals surface area contributed by atoms with Crippen LogP contribution in [0.4, 0.5) is 10.5 Å². The van der Waals surface area contributed by atoms with Gasteiger partial charge in [-0.25, -0.2) is 4.79 Å². The van der Waals surface area contributed by atoms with E-state index in [4.69, 9.17) is 9.84 Å². The highest BCUT2D eigenvalue weighted by Gasteiger charge is 2.11. The number of methoxy groups -OCH3 is 1. The van der Waals surface area contributed by atoms with Crippen LogP contribution in [0.5, 0.6) is 5.75 Å². The van der Waals surface area contributed by atoms with Crippen molar-refractivity contribution in [3.05, 3.63) is 23.8 Å². The largest absolute Gasteiger partial charge is 0.495 e. The molecular weight excluding hydrogens is 260 g/mol. The van der Waals surface area contributed by atoms with E-state index in [1.54, 1.807) is 19.1 Å². The second-order valence-electron chi connectivity index (χ2n) is 4.74. The predicted octanol–water partition coefficient (Wildman–Crippen LogP) is 2.24. The molecule has 110 valence electrons. The average Bonchev–Trinajstić information content (AvgIpc) is 2.36. The van der Waals surface area contributed by atoms with Gasteiger partial charge in [0.15, 0.2) is 0 Å². The van der Waals surface area contributed by atoms with Crippen LogP contribution in [0.2, 0.25) is 0 Å². The quantitative estimate of drug-likeness (QED) is 0.745. The van der Waals surface area contributed by atoms with E-state index in [2.05, 4.69) is 10.6 Å². The standard InChI is InChI=1S/C14H20N2O4/c1-9-4-5-12(20-3)11(6-9)16-14(19)15-8-10(2)7-13(17)18/h4-6,10H,7-8H2,1-3H3,(H,17,18)(H2,15,16,19). The number of aryl methyl sites for hydroxylation is 1. The van der Waals surface area contributed by atoms with E-state index in [0.717, 1.165) is 5.56 Å². The van der Waals surface area contributed by atoms with E-state index in [9.17, 15) is 9.59 Å². The molecule has 0 radical (unpaired) electrons. The third-order valence-electron chi connectivity index (χ3n) is 2.74. The zero-order valence-electron chi connectivity index (χ0n) is 11.9. The van der Waals surface area contributed by atoms with Crippen LogP contribution in [0.1, 0.15) is 18.9 Å². The van der Waals surface area contributed by atoms with Crippen LogP contribution in [0.3, 0.4) is 0 Å². The highest BCUT2D eigenvalue weighted by molar-refractivity contribution is 5.91. The first-order chi connectivity index (χ1) is 9.42. The number of urea groups is 1. The van der Waals surface area contributed by atoms with Crippen LogP contribution in [0, 0.1) is 12.8 Å². The Labute approximate surface area is 118 Å². The summed E-state index contributed by atoms with van der Waals surface area (Å²) in [5.41, 5.74) is 1.58. The summed E-state index contributed by atoms with van der Waals surface area (Å²) in [6, 6.07) is 5.08. The van der Waals surface area contributed by atoms with Crippen molar-refractivity contribution >= 4 is 17.7 Å². The van der Waals surface area contributed by atoms with Crippen molar-refractivity contribution in [3.63, 3.8) is 0 Å². The number of carbonyl (C=O) groups is 2. The van der Waals surface area contributed by atoms with Crippen LogP contribution in [-0.2, 0) is 4.79 Å². The molecule has 2 amide bonds. The summed E-state index contributed by atoms with van der Waals surface area (Å²) in [6.45, 7) is 3.98. The van der Waals surface area contributed by atoms with Crippen LogP contribution < -0.4 is 15.4 Å². The molecule has 0 bridgehead atoms. The predicted molar refractivity (Wildman–Crippen MR) is 76.2 cm³/mol. The van der Waals surface area contributed by atoms with Gasteiger partial charge in [-0.2, -0.15) is 0 Å². The topological polar surface area (TPSA) is 87.7 Å². The van der Waals surface area contributed by atoms with Gasteiger partial charge in [0.05, 0.1) is 12.8 Å². The summed E-state index contributed by atoms with van der Waals surface area (Å²) >= 11 is 0. The van der Waals surface area contributed by atoms with Crippen molar-refractivity contribution in [2.45, 2.75) is 20.3 Å². The molecule has 1 rings (SSSR count). The number of amides is 2. The summed E-state index contributed by atoms with van der Waals surface area (Å²) in [6.07, 6.45) is 0.0219. The molecule has 1 atom stereocenters. The van der Waals surface area contributed by atoms with Gasteiger partial charge in [0.1, 0.15) is 5.75 Å². The first-order valence-electron chi connectivity index (χ1n) is 6.33. The van der Waals surface area contributed by atoms with Gasteiger partial charge in [-0.3, -0.25) is 4.79 Å². The lowest BCUT2D eigenvalue weighted by molar-refractivity contribution is -0.137. The summed E-state index contributed by atoms with van der Waals surface area (Å²) in [5.74, 6) is -0.429. The third-order valence-corrected chi connectivity index (χ3v) is 2.74. The number of benzene rings is 1. The Kier molecular flexibility index (Phi) is 5.83. The van der Waals surface area contributed by atoms with Gasteiger partial charge < -0.3 is 20.5 Å². The number of hydrogen-bond donors (Lipinski definition) is 3. The minimum atomic E-state index is -0.875. The van der Waals surface area contributed by atoms with Crippen LogP contribution in [0.25, 0.3) is 0 Å². The number of carboxylic acids is 1. The van der Waals surface area contributed by atoms with E-state index in [-0.39, 0.29) is 18.4 Å². The lowest BCUT2D eigenvalue weighted by atomic mass is 10.1. The molecule has 0 saturated carbocycles. The monoisotopic (exact) mass is 280 g/mol. The molecule has 1 aromatic carbocycles. The fraction of sp³-hybridized carbons (Fsp3) is 0.429. The smallest absolute Gasteiger partial charge is 0.319 e. The van der Waals surface area contributed by atoms with Crippen molar-refractivity contribution in [2.24, 2.45) is 5.92 Å². The average molecular weight is 280 g/mol. The first kappa shape index (κ1) is 15.8. The van der Waals surface area contributed by atoms with Gasteiger partial charge >= 0.3 is 12.0 Å². The highest BCUT2D eigenvalue weighted by Crippen LogP contribution is 2.24. The molecule has 0 aliphatic carbocycles. The van der Waals surface area contributed by atoms with Gasteiger partial charge in [-0.1, -0.05) is 13.0 Å². The Morgan fingerprint density at radius 2 is 2.10 bits per heavy atom. The normalized spacial score (nSPS) is 11.6. The molecular formula is C14H20N2O4. The van der Waals surface area contributed by atoms with E-state index < -0.39 is 5.97 Å². The van der Waals surface area contributed by atoms with Crippen molar-refractivity contribution < 1.29 is 19.4 Å². The Bertz CT molecular complexity index is 488. The van der Waals surface area contributed by atoms with E-state index in [1.807, 2.05) is 13.0 Å². The molecule has 0 aliphatic rings. The van der Waals surface area contributed by atoms with Crippen LogP contribution >= 0.6 is 0 Å². The van der Waals surface area contributed by atoms with Gasteiger partial charge in [-0.05, 0) is 30.5 Å². The van der Waals surface area contributed by atoms with Gasteiger partial charge in [0.2, 0.25) is 0 Å². The zero-order chi connectivity index (χ0) is 15.1. The molecule has 20 heavy (non-hydrogen) atoms. The van der Waals surface area contributed by atoms with Crippen molar-refractivity contribution in [3.8, 4) is 5.75 Å². The number of rotatable bonds is 6. The Hall–Kier alpha value is -2.24. The van der Waals surface area contributed by atoms with Crippen molar-refractivity contribution in [1.29, 1.82) is 0 Å². The number of ether oxygens (including phenoxy) is 1. The maximum absolute atomic E-state index is 11.8. The molecule has 3 N–H and O–H groups in total. The van der Waals surface area contributed by atoms with Crippen LogP contribution in [-0.4, -0.2) is 30.8 Å². The fourth-order valence-electron chi connectivity index (χ4n) is 1.72. The Morgan fingerprint density at radius 1 is 1.40 bits per heavy atom. The fourth-order valence-corrected chi connectivity index (χ4v) is 1.72. The summed E-state index contributed by atoms with van der Waals surface area (Å²) < 4.78 is 5.16. The van der Waals surface area contributed by atoms with Gasteiger partial charge in [0.25, 0.3) is 0 Å². The number of carbonyl (C=O) groups excluding carboxylic acids is 1. The summed E-state index contributed by atoms with van der Waals surface area (Å²) in [7, 11) is 1.53. The van der Waals surface area contributed by atoms with Gasteiger partial charge in [0, 0.05) is 13.0 Å². The molecule has 0 aliphatic heterocycles. The van der Waals surface area contributed by atoms with E-state index >= 15 is 0 Å². The molecule has 0 heterocycles. The first-order valence-corrected chi connectivity index (χ1v) is 6.33. The number of aliphatic carboxylic acids is 1. The maximum Gasteiger partial charge on any atom is 0.319 e. The molecule has 0 fully saturated rings. The summed E-state index contributed by atoms with van der Waals surface area (Å²) in [4.78, 5) is 22.3. The lowest BCUT2D eigenvalue weighted by Crippen LogP contribution is -2.33.